The predicted molar refractivity (Wildman–Crippen MR) is 174 cm³/mol. The molecule has 0 saturated heterocycles. The molecule has 0 unspecified atom stereocenters. The zero-order valence-corrected chi connectivity index (χ0v) is 25.9. The van der Waals surface area contributed by atoms with Crippen LogP contribution < -0.4 is 10.6 Å². The van der Waals surface area contributed by atoms with E-state index in [2.05, 4.69) is 86.5 Å². The van der Waals surface area contributed by atoms with Gasteiger partial charge in [-0.05, 0) is 106 Å². The average molecular weight is 518 g/mol. The molecule has 3 nitrogen and oxygen atoms in total. The van der Waals surface area contributed by atoms with Crippen molar-refractivity contribution in [2.75, 3.05) is 5.32 Å². The summed E-state index contributed by atoms with van der Waals surface area (Å²) in [7, 11) is 0. The molecule has 2 aromatic rings. The number of nitrogens with one attached hydrogen (secondary N) is 2. The minimum atomic E-state index is 0.461. The SMILES string of the molecule is C=C(C)C.C=C/C(=C\CC)c1ccnc(NC2CCC(NC(=C)c3ccc(C)c(C)c3)CC2)c1.CC.CC. The van der Waals surface area contributed by atoms with Crippen LogP contribution in [0.4, 0.5) is 5.82 Å². The number of allylic oxidation sites excluding steroid dienone is 4. The summed E-state index contributed by atoms with van der Waals surface area (Å²) in [6, 6.07) is 11.7. The van der Waals surface area contributed by atoms with Gasteiger partial charge in [-0.25, -0.2) is 4.98 Å². The highest BCUT2D eigenvalue weighted by atomic mass is 15.0. The molecule has 1 aromatic carbocycles. The van der Waals surface area contributed by atoms with Gasteiger partial charge in [-0.1, -0.05) is 77.6 Å². The number of nitrogens with zero attached hydrogens (tertiary/aromatic N) is 1. The van der Waals surface area contributed by atoms with E-state index in [9.17, 15) is 0 Å². The molecular weight excluding hydrogens is 462 g/mol. The fourth-order valence-corrected chi connectivity index (χ4v) is 4.08. The fraction of sp³-hybridized carbons (Fsp3) is 0.457. The molecule has 1 aliphatic rings. The number of benzene rings is 1. The Labute approximate surface area is 235 Å². The van der Waals surface area contributed by atoms with Gasteiger partial charge < -0.3 is 10.6 Å². The molecule has 1 saturated carbocycles. The van der Waals surface area contributed by atoms with E-state index in [-0.39, 0.29) is 0 Å². The standard InChI is InChI=1S/C27H35N3.C4H8.2C2H6/c1-6-8-22(7-2)24-15-16-28-27(18-24)30-26-13-11-25(12-14-26)29-21(5)23-10-9-19(3)20(4)17-23;1-4(2)3;2*1-2/h7-10,15-18,25-26,29H,2,5-6,11-14H2,1,3-4H3,(H,28,30);1H2,2-3H3;2*1-2H3/b22-8+;;;. The molecule has 0 spiro atoms. The normalized spacial score (nSPS) is 16.2. The van der Waals surface area contributed by atoms with Gasteiger partial charge in [-0.2, -0.15) is 0 Å². The van der Waals surface area contributed by atoms with Gasteiger partial charge >= 0.3 is 0 Å². The molecule has 1 aliphatic carbocycles. The first-order valence-electron chi connectivity index (χ1n) is 14.4. The fourth-order valence-electron chi connectivity index (χ4n) is 4.08. The number of aromatic nitrogens is 1. The van der Waals surface area contributed by atoms with Crippen LogP contribution in [0, 0.1) is 13.8 Å². The van der Waals surface area contributed by atoms with Crippen LogP contribution >= 0.6 is 0 Å². The summed E-state index contributed by atoms with van der Waals surface area (Å²) in [5, 5.41) is 7.29. The number of hydrogen-bond donors (Lipinski definition) is 2. The lowest BCUT2D eigenvalue weighted by Crippen LogP contribution is -2.36. The Morgan fingerprint density at radius 1 is 0.895 bits per heavy atom. The van der Waals surface area contributed by atoms with Crippen molar-refractivity contribution in [3.05, 3.63) is 96.2 Å². The maximum atomic E-state index is 4.53. The minimum Gasteiger partial charge on any atom is -0.382 e. The molecule has 0 aliphatic heterocycles. The molecule has 0 bridgehead atoms. The summed E-state index contributed by atoms with van der Waals surface area (Å²) < 4.78 is 0. The van der Waals surface area contributed by atoms with Gasteiger partial charge in [0, 0.05) is 24.0 Å². The first kappa shape index (κ1) is 34.9. The Morgan fingerprint density at radius 2 is 1.47 bits per heavy atom. The van der Waals surface area contributed by atoms with Gasteiger partial charge in [0.15, 0.2) is 0 Å². The van der Waals surface area contributed by atoms with E-state index in [0.717, 1.165) is 43.6 Å². The molecule has 0 atom stereocenters. The quantitative estimate of drug-likeness (QED) is 0.270. The van der Waals surface area contributed by atoms with E-state index < -0.39 is 0 Å². The molecule has 1 heterocycles. The van der Waals surface area contributed by atoms with E-state index in [1.54, 1.807) is 0 Å². The Kier molecular flexibility index (Phi) is 18.4. The van der Waals surface area contributed by atoms with Crippen molar-refractivity contribution in [2.24, 2.45) is 0 Å². The molecule has 38 heavy (non-hydrogen) atoms. The molecule has 210 valence electrons. The van der Waals surface area contributed by atoms with Gasteiger partial charge in [-0.15, -0.1) is 6.58 Å². The molecule has 0 amide bonds. The Morgan fingerprint density at radius 3 is 2.00 bits per heavy atom. The smallest absolute Gasteiger partial charge is 0.126 e. The summed E-state index contributed by atoms with van der Waals surface area (Å²) in [6.07, 6.45) is 11.5. The maximum Gasteiger partial charge on any atom is 0.126 e. The summed E-state index contributed by atoms with van der Waals surface area (Å²) in [5.74, 6) is 0.951. The molecule has 0 radical (unpaired) electrons. The predicted octanol–water partition coefficient (Wildman–Crippen LogP) is 10.3. The molecule has 3 heteroatoms. The Bertz CT molecular complexity index is 1000. The van der Waals surface area contributed by atoms with Crippen LogP contribution in [0.3, 0.4) is 0 Å². The van der Waals surface area contributed by atoms with Crippen LogP contribution in [0.5, 0.6) is 0 Å². The van der Waals surface area contributed by atoms with Crippen LogP contribution in [-0.4, -0.2) is 17.1 Å². The van der Waals surface area contributed by atoms with Gasteiger partial charge in [0.2, 0.25) is 0 Å². The van der Waals surface area contributed by atoms with Crippen molar-refractivity contribution in [3.8, 4) is 0 Å². The highest BCUT2D eigenvalue weighted by molar-refractivity contribution is 5.74. The molecule has 3 rings (SSSR count). The van der Waals surface area contributed by atoms with E-state index in [4.69, 9.17) is 0 Å². The third-order valence-electron chi connectivity index (χ3n) is 6.05. The zero-order chi connectivity index (χ0) is 29.1. The Hall–Kier alpha value is -3.07. The largest absolute Gasteiger partial charge is 0.382 e. The third-order valence-corrected chi connectivity index (χ3v) is 6.05. The van der Waals surface area contributed by atoms with Crippen LogP contribution in [0.2, 0.25) is 0 Å². The third kappa shape index (κ3) is 12.9. The number of pyridine rings is 1. The Balaban J connectivity index is 0.00000153. The van der Waals surface area contributed by atoms with E-state index in [1.807, 2.05) is 59.9 Å². The van der Waals surface area contributed by atoms with Gasteiger partial charge in [0.25, 0.3) is 0 Å². The summed E-state index contributed by atoms with van der Waals surface area (Å²) in [5.41, 5.74) is 8.36. The van der Waals surface area contributed by atoms with Crippen molar-refractivity contribution >= 4 is 17.1 Å². The van der Waals surface area contributed by atoms with Crippen LogP contribution in [0.15, 0.2) is 74.0 Å². The van der Waals surface area contributed by atoms with Crippen molar-refractivity contribution < 1.29 is 0 Å². The highest BCUT2D eigenvalue weighted by Crippen LogP contribution is 2.25. The zero-order valence-electron chi connectivity index (χ0n) is 25.9. The lowest BCUT2D eigenvalue weighted by Gasteiger charge is -2.31. The van der Waals surface area contributed by atoms with Gasteiger partial charge in [0.1, 0.15) is 5.82 Å². The lowest BCUT2D eigenvalue weighted by atomic mass is 9.90. The molecule has 1 fully saturated rings. The maximum absolute atomic E-state index is 4.53. The monoisotopic (exact) mass is 517 g/mol. The topological polar surface area (TPSA) is 37.0 Å². The van der Waals surface area contributed by atoms with E-state index >= 15 is 0 Å². The van der Waals surface area contributed by atoms with Crippen molar-refractivity contribution in [1.29, 1.82) is 0 Å². The number of rotatable bonds is 8. The second kappa shape index (κ2) is 20.0. The van der Waals surface area contributed by atoms with Gasteiger partial charge in [-0.3, -0.25) is 0 Å². The minimum absolute atomic E-state index is 0.461. The molecule has 2 N–H and O–H groups in total. The van der Waals surface area contributed by atoms with Gasteiger partial charge in [0.05, 0.1) is 0 Å². The molecule has 1 aromatic heterocycles. The van der Waals surface area contributed by atoms with E-state index in [1.165, 1.54) is 33.4 Å². The number of hydrogen-bond acceptors (Lipinski definition) is 3. The average Bonchev–Trinajstić information content (AvgIpc) is 2.92. The van der Waals surface area contributed by atoms with Crippen molar-refractivity contribution in [1.82, 2.24) is 10.3 Å². The lowest BCUT2D eigenvalue weighted by molar-refractivity contribution is 0.383. The summed E-state index contributed by atoms with van der Waals surface area (Å²) in [6.45, 7) is 30.2. The van der Waals surface area contributed by atoms with Crippen LogP contribution in [0.25, 0.3) is 11.3 Å². The van der Waals surface area contributed by atoms with Crippen LogP contribution in [-0.2, 0) is 0 Å². The summed E-state index contributed by atoms with van der Waals surface area (Å²) >= 11 is 0. The van der Waals surface area contributed by atoms with Crippen molar-refractivity contribution in [3.63, 3.8) is 0 Å². The van der Waals surface area contributed by atoms with Crippen LogP contribution in [0.1, 0.15) is 103 Å². The first-order chi connectivity index (χ1) is 18.2. The highest BCUT2D eigenvalue weighted by Gasteiger charge is 2.22. The second-order valence-corrected chi connectivity index (χ2v) is 9.52. The second-order valence-electron chi connectivity index (χ2n) is 9.52. The molecular formula is C35H55N3. The summed E-state index contributed by atoms with van der Waals surface area (Å²) in [4.78, 5) is 4.53. The number of anilines is 1. The van der Waals surface area contributed by atoms with E-state index in [0.29, 0.717) is 12.1 Å². The number of aryl methyl sites for hydroxylation is 2. The van der Waals surface area contributed by atoms with Crippen molar-refractivity contribution in [2.45, 2.75) is 107 Å². The first-order valence-corrected chi connectivity index (χ1v) is 14.4.